The van der Waals surface area contributed by atoms with Crippen LogP contribution in [0.5, 0.6) is 0 Å². The summed E-state index contributed by atoms with van der Waals surface area (Å²) in [5.74, 6) is -0.757. The van der Waals surface area contributed by atoms with E-state index >= 15 is 0 Å². The number of benzene rings is 1. The van der Waals surface area contributed by atoms with Crippen LogP contribution in [0, 0.1) is 0 Å². The average Bonchev–Trinajstić information content (AvgIpc) is 2.38. The van der Waals surface area contributed by atoms with Gasteiger partial charge in [-0.1, -0.05) is 30.9 Å². The average molecular weight is 242 g/mol. The lowest BCUT2D eigenvalue weighted by Gasteiger charge is -2.00. The molecule has 0 spiro atoms. The van der Waals surface area contributed by atoms with Gasteiger partial charge in [-0.2, -0.15) is 0 Å². The molecule has 4 nitrogen and oxygen atoms in total. The Hall–Kier alpha value is -2.62. The highest BCUT2D eigenvalue weighted by molar-refractivity contribution is 5.93. The maximum Gasteiger partial charge on any atom is 0.351 e. The number of carbonyl (C=O) groups excluding carboxylic acids is 1. The van der Waals surface area contributed by atoms with Crippen LogP contribution in [0.3, 0.4) is 0 Å². The lowest BCUT2D eigenvalue weighted by Crippen LogP contribution is -2.14. The van der Waals surface area contributed by atoms with E-state index < -0.39 is 11.6 Å². The summed E-state index contributed by atoms with van der Waals surface area (Å²) in [7, 11) is 0. The smallest absolute Gasteiger partial charge is 0.351 e. The Labute approximate surface area is 103 Å². The van der Waals surface area contributed by atoms with Crippen molar-refractivity contribution in [1.29, 1.82) is 0 Å². The zero-order chi connectivity index (χ0) is 13.0. The second-order valence-corrected chi connectivity index (χ2v) is 3.45. The van der Waals surface area contributed by atoms with E-state index in [0.29, 0.717) is 11.0 Å². The second-order valence-electron chi connectivity index (χ2n) is 3.45. The number of hydrogen-bond donors (Lipinski definition) is 0. The fraction of sp³-hybridized carbons (Fsp3) is 0. The first kappa shape index (κ1) is 11.9. The summed E-state index contributed by atoms with van der Waals surface area (Å²) in [5, 5.41) is 0.664. The van der Waals surface area contributed by atoms with Gasteiger partial charge in [0.1, 0.15) is 11.1 Å². The topological polar surface area (TPSA) is 56.5 Å². The van der Waals surface area contributed by atoms with Crippen LogP contribution >= 0.6 is 0 Å². The molecule has 2 aromatic rings. The fourth-order valence-electron chi connectivity index (χ4n) is 1.42. The lowest BCUT2D eigenvalue weighted by molar-refractivity contribution is 0.0658. The maximum atomic E-state index is 11.6. The molecule has 0 aliphatic carbocycles. The minimum Gasteiger partial charge on any atom is -0.431 e. The molecule has 90 valence electrons. The molecule has 18 heavy (non-hydrogen) atoms. The molecule has 0 saturated carbocycles. The molecule has 0 saturated heterocycles. The van der Waals surface area contributed by atoms with Crippen LogP contribution in [0.1, 0.15) is 10.4 Å². The van der Waals surface area contributed by atoms with Gasteiger partial charge in [-0.25, -0.2) is 9.59 Å². The van der Waals surface area contributed by atoms with E-state index in [4.69, 9.17) is 9.15 Å². The summed E-state index contributed by atoms with van der Waals surface area (Å²) in [6.07, 6.45) is 4.06. The number of ether oxygens (including phenoxy) is 1. The Morgan fingerprint density at radius 2 is 2.11 bits per heavy atom. The van der Waals surface area contributed by atoms with Crippen LogP contribution in [0.4, 0.5) is 0 Å². The van der Waals surface area contributed by atoms with Crippen molar-refractivity contribution in [2.75, 3.05) is 0 Å². The van der Waals surface area contributed by atoms with Gasteiger partial charge in [0, 0.05) is 5.39 Å². The maximum absolute atomic E-state index is 11.6. The van der Waals surface area contributed by atoms with Crippen molar-refractivity contribution in [3.05, 3.63) is 71.3 Å². The largest absolute Gasteiger partial charge is 0.431 e. The molecular weight excluding hydrogens is 232 g/mol. The Morgan fingerprint density at radius 3 is 2.89 bits per heavy atom. The predicted octanol–water partition coefficient (Wildman–Crippen LogP) is 2.65. The molecule has 0 amide bonds. The van der Waals surface area contributed by atoms with Gasteiger partial charge in [0.2, 0.25) is 0 Å². The Balaban J connectivity index is 2.41. The van der Waals surface area contributed by atoms with Gasteiger partial charge in [0.15, 0.2) is 0 Å². The standard InChI is InChI=1S/C14H10O4/c1-2-3-8-17-13(15)11-9-10-6-4-5-7-12(10)18-14(11)16/h2-9H,1H2. The molecular formula is C14H10O4. The number of para-hydroxylation sites is 1. The van der Waals surface area contributed by atoms with Gasteiger partial charge in [-0.15, -0.1) is 0 Å². The third-order valence-electron chi connectivity index (χ3n) is 2.25. The monoisotopic (exact) mass is 242 g/mol. The minimum absolute atomic E-state index is 0.137. The molecule has 1 aromatic carbocycles. The first-order valence-corrected chi connectivity index (χ1v) is 5.24. The number of hydrogen-bond acceptors (Lipinski definition) is 4. The quantitative estimate of drug-likeness (QED) is 0.359. The van der Waals surface area contributed by atoms with E-state index in [1.807, 2.05) is 0 Å². The highest BCUT2D eigenvalue weighted by atomic mass is 16.5. The Bertz CT molecular complexity index is 679. The Morgan fingerprint density at radius 1 is 1.33 bits per heavy atom. The summed E-state index contributed by atoms with van der Waals surface area (Å²) in [6.45, 7) is 3.43. The van der Waals surface area contributed by atoms with E-state index in [-0.39, 0.29) is 5.56 Å². The van der Waals surface area contributed by atoms with Crippen LogP contribution in [-0.2, 0) is 4.74 Å². The molecule has 2 rings (SSSR count). The summed E-state index contributed by atoms with van der Waals surface area (Å²) in [4.78, 5) is 23.2. The van der Waals surface area contributed by atoms with Gasteiger partial charge < -0.3 is 9.15 Å². The molecule has 0 unspecified atom stereocenters. The summed E-state index contributed by atoms with van der Waals surface area (Å²) in [6, 6.07) is 8.38. The van der Waals surface area contributed by atoms with Crippen molar-refractivity contribution in [3.63, 3.8) is 0 Å². The highest BCUT2D eigenvalue weighted by Crippen LogP contribution is 2.13. The van der Waals surface area contributed by atoms with Gasteiger partial charge in [-0.3, -0.25) is 0 Å². The van der Waals surface area contributed by atoms with Crippen molar-refractivity contribution >= 4 is 16.9 Å². The van der Waals surface area contributed by atoms with Crippen molar-refractivity contribution in [1.82, 2.24) is 0 Å². The van der Waals surface area contributed by atoms with E-state index in [1.54, 1.807) is 24.3 Å². The number of fused-ring (bicyclic) bond motifs is 1. The SMILES string of the molecule is C=CC=COC(=O)c1cc2ccccc2oc1=O. The molecule has 1 heterocycles. The summed E-state index contributed by atoms with van der Waals surface area (Å²) in [5.41, 5.74) is -0.422. The summed E-state index contributed by atoms with van der Waals surface area (Å²) < 4.78 is 9.77. The predicted molar refractivity (Wildman–Crippen MR) is 67.2 cm³/mol. The van der Waals surface area contributed by atoms with Gasteiger partial charge >= 0.3 is 11.6 Å². The van der Waals surface area contributed by atoms with E-state index in [2.05, 4.69) is 6.58 Å². The third kappa shape index (κ3) is 2.38. The zero-order valence-corrected chi connectivity index (χ0v) is 9.46. The van der Waals surface area contributed by atoms with E-state index in [0.717, 1.165) is 6.26 Å². The number of allylic oxidation sites excluding steroid dienone is 2. The van der Waals surface area contributed by atoms with E-state index in [9.17, 15) is 9.59 Å². The van der Waals surface area contributed by atoms with Gasteiger partial charge in [0.05, 0.1) is 6.26 Å². The number of carbonyl (C=O) groups is 1. The highest BCUT2D eigenvalue weighted by Gasteiger charge is 2.13. The zero-order valence-electron chi connectivity index (χ0n) is 9.46. The van der Waals surface area contributed by atoms with Crippen LogP contribution in [0.2, 0.25) is 0 Å². The molecule has 0 aliphatic heterocycles. The first-order valence-electron chi connectivity index (χ1n) is 5.24. The summed E-state index contributed by atoms with van der Waals surface area (Å²) >= 11 is 0. The lowest BCUT2D eigenvalue weighted by atomic mass is 10.2. The van der Waals surface area contributed by atoms with E-state index in [1.165, 1.54) is 18.2 Å². The third-order valence-corrected chi connectivity index (χ3v) is 2.25. The molecule has 0 radical (unpaired) electrons. The fourth-order valence-corrected chi connectivity index (χ4v) is 1.42. The van der Waals surface area contributed by atoms with Gasteiger partial charge in [0.25, 0.3) is 0 Å². The second kappa shape index (κ2) is 5.14. The first-order chi connectivity index (χ1) is 8.72. The van der Waals surface area contributed by atoms with Crippen LogP contribution in [0.25, 0.3) is 11.0 Å². The molecule has 0 bridgehead atoms. The van der Waals surface area contributed by atoms with Gasteiger partial charge in [-0.05, 0) is 18.2 Å². The molecule has 1 aromatic heterocycles. The van der Waals surface area contributed by atoms with Crippen molar-refractivity contribution in [2.45, 2.75) is 0 Å². The van der Waals surface area contributed by atoms with Crippen molar-refractivity contribution in [3.8, 4) is 0 Å². The van der Waals surface area contributed by atoms with Crippen LogP contribution in [-0.4, -0.2) is 5.97 Å². The molecule has 0 fully saturated rings. The number of esters is 1. The molecule has 0 aliphatic rings. The minimum atomic E-state index is -0.757. The van der Waals surface area contributed by atoms with Crippen molar-refractivity contribution < 1.29 is 13.9 Å². The van der Waals surface area contributed by atoms with Crippen molar-refractivity contribution in [2.24, 2.45) is 0 Å². The van der Waals surface area contributed by atoms with Crippen LogP contribution in [0.15, 0.2) is 64.5 Å². The molecule has 0 N–H and O–H groups in total. The molecule has 4 heteroatoms. The number of rotatable bonds is 3. The Kier molecular flexibility index (Phi) is 3.38. The molecule has 0 atom stereocenters. The van der Waals surface area contributed by atoms with Crippen LogP contribution < -0.4 is 5.63 Å². The normalized spacial score (nSPS) is 10.7.